The summed E-state index contributed by atoms with van der Waals surface area (Å²) in [7, 11) is 0. The average Bonchev–Trinajstić information content (AvgIpc) is 2.58. The normalized spacial score (nSPS) is 10.8. The van der Waals surface area contributed by atoms with Crippen LogP contribution in [0.5, 0.6) is 0 Å². The second kappa shape index (κ2) is 7.11. The smallest absolute Gasteiger partial charge is 0.360 e. The molecule has 1 N–H and O–H groups in total. The maximum Gasteiger partial charge on any atom is 0.360 e. The van der Waals surface area contributed by atoms with Crippen LogP contribution in [0.15, 0.2) is 47.3 Å². The van der Waals surface area contributed by atoms with E-state index >= 15 is 0 Å². The average molecular weight is 410 g/mol. The van der Waals surface area contributed by atoms with E-state index in [1.54, 1.807) is 43.3 Å². The summed E-state index contributed by atoms with van der Waals surface area (Å²) < 4.78 is 1.34. The molecule has 0 spiro atoms. The highest BCUT2D eigenvalue weighted by Gasteiger charge is 2.21. The molecule has 132 valence electrons. The van der Waals surface area contributed by atoms with Crippen molar-refractivity contribution < 1.29 is 9.90 Å². The molecule has 0 atom stereocenters. The summed E-state index contributed by atoms with van der Waals surface area (Å²) in [6.45, 7) is 1.54. The highest BCUT2D eigenvalue weighted by molar-refractivity contribution is 6.35. The van der Waals surface area contributed by atoms with Crippen molar-refractivity contribution in [3.05, 3.63) is 79.0 Å². The minimum absolute atomic E-state index is 0.228. The van der Waals surface area contributed by atoms with Crippen LogP contribution in [-0.4, -0.2) is 20.9 Å². The maximum atomic E-state index is 12.5. The first kappa shape index (κ1) is 18.5. The number of carbonyl (C=O) groups is 1. The van der Waals surface area contributed by atoms with Crippen LogP contribution >= 0.6 is 34.8 Å². The van der Waals surface area contributed by atoms with E-state index in [0.717, 1.165) is 0 Å². The number of benzene rings is 2. The summed E-state index contributed by atoms with van der Waals surface area (Å²) in [5, 5.41) is 14.6. The molecule has 3 rings (SSSR count). The lowest BCUT2D eigenvalue weighted by atomic mass is 10.1. The van der Waals surface area contributed by atoms with Gasteiger partial charge in [0.2, 0.25) is 11.1 Å². The molecule has 8 heteroatoms. The van der Waals surface area contributed by atoms with E-state index < -0.39 is 17.1 Å². The molecule has 26 heavy (non-hydrogen) atoms. The van der Waals surface area contributed by atoms with E-state index in [1.807, 2.05) is 0 Å². The first-order valence-corrected chi connectivity index (χ1v) is 8.51. The lowest BCUT2D eigenvalue weighted by Crippen LogP contribution is -2.25. The first-order chi connectivity index (χ1) is 12.3. The van der Waals surface area contributed by atoms with Crippen LogP contribution in [0.3, 0.4) is 0 Å². The van der Waals surface area contributed by atoms with E-state index in [1.165, 1.54) is 10.7 Å². The van der Waals surface area contributed by atoms with Gasteiger partial charge in [0.25, 0.3) is 0 Å². The number of carboxylic acid groups (broad SMARTS) is 1. The van der Waals surface area contributed by atoms with Gasteiger partial charge >= 0.3 is 5.97 Å². The van der Waals surface area contributed by atoms with Crippen LogP contribution in [0.1, 0.15) is 16.1 Å². The molecule has 2 aromatic carbocycles. The van der Waals surface area contributed by atoms with Crippen LogP contribution in [0.25, 0.3) is 16.9 Å². The lowest BCUT2D eigenvalue weighted by Gasteiger charge is -2.17. The monoisotopic (exact) mass is 408 g/mol. The SMILES string of the molecule is Cc1c(-c2ccc(Cl)cc2)n(-c2ccc(Cl)cc2Cl)nc(C(=O)O)c1=O. The number of nitrogens with zero attached hydrogens (tertiary/aromatic N) is 2. The molecule has 5 nitrogen and oxygen atoms in total. The molecule has 0 fully saturated rings. The predicted molar refractivity (Wildman–Crippen MR) is 102 cm³/mol. The fourth-order valence-corrected chi connectivity index (χ4v) is 3.17. The molecule has 1 heterocycles. The molecule has 0 aliphatic rings. The highest BCUT2D eigenvalue weighted by atomic mass is 35.5. The van der Waals surface area contributed by atoms with Crippen LogP contribution in [0.4, 0.5) is 0 Å². The summed E-state index contributed by atoms with van der Waals surface area (Å²) in [5.41, 5.74) is 0.424. The van der Waals surface area contributed by atoms with Crippen molar-refractivity contribution in [1.82, 2.24) is 9.78 Å². The number of hydrogen-bond donors (Lipinski definition) is 1. The van der Waals surface area contributed by atoms with Gasteiger partial charge < -0.3 is 5.11 Å². The van der Waals surface area contributed by atoms with Crippen LogP contribution in [0.2, 0.25) is 15.1 Å². The third-order valence-electron chi connectivity index (χ3n) is 3.78. The Morgan fingerprint density at radius 1 is 1.04 bits per heavy atom. The molecular weight excluding hydrogens is 399 g/mol. The van der Waals surface area contributed by atoms with E-state index in [0.29, 0.717) is 27.0 Å². The molecule has 0 radical (unpaired) electrons. The minimum Gasteiger partial charge on any atom is -0.476 e. The number of carboxylic acids is 1. The summed E-state index contributed by atoms with van der Waals surface area (Å²) in [6, 6.07) is 11.5. The Morgan fingerprint density at radius 3 is 2.23 bits per heavy atom. The van der Waals surface area contributed by atoms with Crippen molar-refractivity contribution in [3.63, 3.8) is 0 Å². The third-order valence-corrected chi connectivity index (χ3v) is 4.57. The van der Waals surface area contributed by atoms with Crippen LogP contribution in [0, 0.1) is 6.92 Å². The molecule has 0 bridgehead atoms. The van der Waals surface area contributed by atoms with Gasteiger partial charge in [-0.25, -0.2) is 9.48 Å². The third kappa shape index (κ3) is 3.33. The Kier molecular flexibility index (Phi) is 5.05. The van der Waals surface area contributed by atoms with Crippen molar-refractivity contribution in [2.75, 3.05) is 0 Å². The fraction of sp³-hybridized carbons (Fsp3) is 0.0556. The Morgan fingerprint density at radius 2 is 1.65 bits per heavy atom. The van der Waals surface area contributed by atoms with Crippen molar-refractivity contribution in [2.24, 2.45) is 0 Å². The number of hydrogen-bond acceptors (Lipinski definition) is 3. The maximum absolute atomic E-state index is 12.5. The molecule has 0 aliphatic carbocycles. The molecule has 0 aliphatic heterocycles. The summed E-state index contributed by atoms with van der Waals surface area (Å²) in [6.07, 6.45) is 0. The zero-order valence-corrected chi connectivity index (χ0v) is 15.6. The van der Waals surface area contributed by atoms with Gasteiger partial charge in [-0.1, -0.05) is 46.9 Å². The Hall–Kier alpha value is -2.34. The minimum atomic E-state index is -1.42. The standard InChI is InChI=1S/C18H11Cl3N2O3/c1-9-16(10-2-4-11(19)5-3-10)23(22-15(17(9)24)18(25)26)14-7-6-12(20)8-13(14)21/h2-8H,1H3,(H,25,26). The highest BCUT2D eigenvalue weighted by Crippen LogP contribution is 2.30. The molecule has 0 saturated carbocycles. The van der Waals surface area contributed by atoms with Crippen molar-refractivity contribution in [1.29, 1.82) is 0 Å². The van der Waals surface area contributed by atoms with Crippen molar-refractivity contribution in [3.8, 4) is 16.9 Å². The number of aromatic carboxylic acids is 1. The zero-order chi connectivity index (χ0) is 19.0. The summed E-state index contributed by atoms with van der Waals surface area (Å²) >= 11 is 18.2. The molecule has 0 unspecified atom stereocenters. The van der Waals surface area contributed by atoms with Gasteiger partial charge in [-0.05, 0) is 37.3 Å². The Bertz CT molecular complexity index is 1080. The Balaban J connectivity index is 2.42. The van der Waals surface area contributed by atoms with Gasteiger partial charge in [-0.2, -0.15) is 5.10 Å². The first-order valence-electron chi connectivity index (χ1n) is 7.38. The molecule has 1 aromatic heterocycles. The number of aromatic nitrogens is 2. The number of halogens is 3. The van der Waals surface area contributed by atoms with Gasteiger partial charge in [-0.3, -0.25) is 4.79 Å². The van der Waals surface area contributed by atoms with E-state index in [4.69, 9.17) is 34.8 Å². The van der Waals surface area contributed by atoms with Crippen molar-refractivity contribution >= 4 is 40.8 Å². The quantitative estimate of drug-likeness (QED) is 0.670. The fourth-order valence-electron chi connectivity index (χ4n) is 2.55. The second-order valence-electron chi connectivity index (χ2n) is 5.47. The molecule has 0 saturated heterocycles. The van der Waals surface area contributed by atoms with Gasteiger partial charge in [0.15, 0.2) is 0 Å². The topological polar surface area (TPSA) is 72.2 Å². The predicted octanol–water partition coefficient (Wildman–Crippen LogP) is 4.87. The van der Waals surface area contributed by atoms with Gasteiger partial charge in [-0.15, -0.1) is 0 Å². The van der Waals surface area contributed by atoms with E-state index in [2.05, 4.69) is 5.10 Å². The summed E-state index contributed by atoms with van der Waals surface area (Å²) in [5.74, 6) is -1.42. The largest absolute Gasteiger partial charge is 0.476 e. The molecule has 3 aromatic rings. The van der Waals surface area contributed by atoms with Gasteiger partial charge in [0.05, 0.1) is 16.4 Å². The van der Waals surface area contributed by atoms with Gasteiger partial charge in [0, 0.05) is 21.2 Å². The Labute approximate surface area is 163 Å². The van der Waals surface area contributed by atoms with E-state index in [9.17, 15) is 14.7 Å². The van der Waals surface area contributed by atoms with E-state index in [-0.39, 0.29) is 10.6 Å². The van der Waals surface area contributed by atoms with Crippen LogP contribution in [-0.2, 0) is 0 Å². The lowest BCUT2D eigenvalue weighted by molar-refractivity contribution is 0.0686. The van der Waals surface area contributed by atoms with Crippen molar-refractivity contribution in [2.45, 2.75) is 6.92 Å². The second-order valence-corrected chi connectivity index (χ2v) is 6.75. The zero-order valence-electron chi connectivity index (χ0n) is 13.3. The molecular formula is C18H11Cl3N2O3. The van der Waals surface area contributed by atoms with Crippen LogP contribution < -0.4 is 5.43 Å². The van der Waals surface area contributed by atoms with Gasteiger partial charge in [0.1, 0.15) is 0 Å². The summed E-state index contributed by atoms with van der Waals surface area (Å²) in [4.78, 5) is 23.9. The molecule has 0 amide bonds. The number of rotatable bonds is 3.